The zero-order valence-electron chi connectivity index (χ0n) is 4.92. The van der Waals surface area contributed by atoms with Crippen molar-refractivity contribution in [3.8, 4) is 0 Å². The van der Waals surface area contributed by atoms with Gasteiger partial charge in [-0.05, 0) is 19.8 Å². The van der Waals surface area contributed by atoms with Crippen LogP contribution in [0, 0.1) is 0 Å². The molecule has 0 saturated heterocycles. The van der Waals surface area contributed by atoms with Gasteiger partial charge in [0.1, 0.15) is 0 Å². The number of hydrogen-bond donors (Lipinski definition) is 2. The van der Waals surface area contributed by atoms with E-state index < -0.39 is 5.60 Å². The molecule has 0 aromatic rings. The summed E-state index contributed by atoms with van der Waals surface area (Å²) >= 11 is 0. The van der Waals surface area contributed by atoms with Crippen LogP contribution in [0.3, 0.4) is 0 Å². The van der Waals surface area contributed by atoms with E-state index >= 15 is 0 Å². The van der Waals surface area contributed by atoms with Crippen molar-refractivity contribution >= 4 is 12.4 Å². The predicted molar refractivity (Wildman–Crippen MR) is 35.1 cm³/mol. The quantitative estimate of drug-likeness (QED) is 0.546. The maximum atomic E-state index is 9.08. The first-order valence-corrected chi connectivity index (χ1v) is 2.63. The molecule has 8 heavy (non-hydrogen) atoms. The molecule has 1 aliphatic rings. The minimum Gasteiger partial charge on any atom is -0.388 e. The molecule has 1 rings (SSSR count). The third kappa shape index (κ3) is 1.34. The van der Waals surface area contributed by atoms with Crippen molar-refractivity contribution in [2.24, 2.45) is 5.73 Å². The summed E-state index contributed by atoms with van der Waals surface area (Å²) < 4.78 is 0. The summed E-state index contributed by atoms with van der Waals surface area (Å²) in [5, 5.41) is 9.08. The lowest BCUT2D eigenvalue weighted by Crippen LogP contribution is -2.32. The molecule has 0 spiro atoms. The van der Waals surface area contributed by atoms with Crippen LogP contribution < -0.4 is 5.73 Å². The van der Waals surface area contributed by atoms with Crippen LogP contribution in [-0.4, -0.2) is 16.7 Å². The van der Waals surface area contributed by atoms with Crippen LogP contribution in [-0.2, 0) is 0 Å². The normalized spacial score (nSPS) is 25.9. The molecule has 1 saturated carbocycles. The van der Waals surface area contributed by atoms with Gasteiger partial charge in [0.25, 0.3) is 0 Å². The summed E-state index contributed by atoms with van der Waals surface area (Å²) in [6.45, 7) is 1.84. The van der Waals surface area contributed by atoms with Crippen LogP contribution in [0.25, 0.3) is 0 Å². The Hall–Kier alpha value is 0.210. The van der Waals surface area contributed by atoms with Gasteiger partial charge in [-0.25, -0.2) is 0 Å². The molecule has 3 N–H and O–H groups in total. The number of nitrogens with two attached hydrogens (primary N) is 1. The highest BCUT2D eigenvalue weighted by Gasteiger charge is 2.43. The maximum absolute atomic E-state index is 9.08. The summed E-state index contributed by atoms with van der Waals surface area (Å²) in [5.74, 6) is 0. The van der Waals surface area contributed by atoms with Gasteiger partial charge >= 0.3 is 0 Å². The van der Waals surface area contributed by atoms with Crippen LogP contribution >= 0.6 is 12.4 Å². The van der Waals surface area contributed by atoms with Crippen molar-refractivity contribution in [2.75, 3.05) is 0 Å². The summed E-state index contributed by atoms with van der Waals surface area (Å²) in [7, 11) is 0. The molecule has 0 amide bonds. The second-order valence-electron chi connectivity index (χ2n) is 2.39. The molecule has 0 aromatic carbocycles. The minimum atomic E-state index is -0.472. The highest BCUT2D eigenvalue weighted by Crippen LogP contribution is 2.36. The van der Waals surface area contributed by atoms with E-state index in [2.05, 4.69) is 0 Å². The Balaban J connectivity index is 0.000000490. The summed E-state index contributed by atoms with van der Waals surface area (Å²) in [6.07, 6.45) is 1.79. The lowest BCUT2D eigenvalue weighted by molar-refractivity contribution is 0.126. The Morgan fingerprint density at radius 2 is 2.00 bits per heavy atom. The summed E-state index contributed by atoms with van der Waals surface area (Å²) in [6, 6.07) is -0.0347. The Morgan fingerprint density at radius 1 is 1.62 bits per heavy atom. The lowest BCUT2D eigenvalue weighted by atomic mass is 10.2. The Morgan fingerprint density at radius 3 is 2.00 bits per heavy atom. The number of rotatable bonds is 1. The molecule has 2 nitrogen and oxygen atoms in total. The van der Waals surface area contributed by atoms with Crippen LogP contribution in [0.5, 0.6) is 0 Å². The molecule has 0 radical (unpaired) electrons. The number of halogens is 1. The smallest absolute Gasteiger partial charge is 0.0797 e. The van der Waals surface area contributed by atoms with Crippen molar-refractivity contribution < 1.29 is 5.11 Å². The molecule has 0 aromatic heterocycles. The second kappa shape index (κ2) is 2.21. The standard InChI is InChI=1S/C5H11NO.ClH/c1-4(6)5(7)2-3-5;/h4,7H,2-3,6H2,1H3;1H/t4-;/m1./s1. The van der Waals surface area contributed by atoms with Crippen molar-refractivity contribution in [3.05, 3.63) is 0 Å². The highest BCUT2D eigenvalue weighted by molar-refractivity contribution is 5.85. The number of hydrogen-bond acceptors (Lipinski definition) is 2. The first-order valence-electron chi connectivity index (χ1n) is 2.63. The Bertz CT molecular complexity index is 80.5. The third-order valence-electron chi connectivity index (χ3n) is 1.61. The van der Waals surface area contributed by atoms with E-state index in [1.165, 1.54) is 0 Å². The van der Waals surface area contributed by atoms with E-state index in [0.29, 0.717) is 0 Å². The highest BCUT2D eigenvalue weighted by atomic mass is 35.5. The molecule has 0 aliphatic heterocycles. The fourth-order valence-electron chi connectivity index (χ4n) is 0.583. The molecule has 1 aliphatic carbocycles. The van der Waals surface area contributed by atoms with E-state index in [4.69, 9.17) is 10.8 Å². The molecular weight excluding hydrogens is 126 g/mol. The Kier molecular flexibility index (Phi) is 2.27. The van der Waals surface area contributed by atoms with Crippen LogP contribution in [0.1, 0.15) is 19.8 Å². The molecule has 50 valence electrons. The van der Waals surface area contributed by atoms with Gasteiger partial charge < -0.3 is 10.8 Å². The van der Waals surface area contributed by atoms with Crippen molar-refractivity contribution in [3.63, 3.8) is 0 Å². The molecule has 1 atom stereocenters. The molecule has 1 fully saturated rings. The monoisotopic (exact) mass is 137 g/mol. The lowest BCUT2D eigenvalue weighted by Gasteiger charge is -2.09. The van der Waals surface area contributed by atoms with E-state index in [9.17, 15) is 0 Å². The van der Waals surface area contributed by atoms with Gasteiger partial charge in [0.15, 0.2) is 0 Å². The zero-order valence-corrected chi connectivity index (χ0v) is 5.74. The van der Waals surface area contributed by atoms with Crippen LogP contribution in [0.2, 0.25) is 0 Å². The Labute approximate surface area is 55.5 Å². The van der Waals surface area contributed by atoms with Gasteiger partial charge in [-0.2, -0.15) is 0 Å². The molecule has 3 heteroatoms. The van der Waals surface area contributed by atoms with Gasteiger partial charge in [-0.3, -0.25) is 0 Å². The van der Waals surface area contributed by atoms with Gasteiger partial charge in [0.2, 0.25) is 0 Å². The number of aliphatic hydroxyl groups is 1. The van der Waals surface area contributed by atoms with Gasteiger partial charge in [-0.1, -0.05) is 0 Å². The first kappa shape index (κ1) is 8.21. The van der Waals surface area contributed by atoms with E-state index in [1.807, 2.05) is 6.92 Å². The van der Waals surface area contributed by atoms with Gasteiger partial charge in [0, 0.05) is 6.04 Å². The van der Waals surface area contributed by atoms with Gasteiger partial charge in [-0.15, -0.1) is 12.4 Å². The molecular formula is C5H12ClNO. The molecule has 0 bridgehead atoms. The first-order chi connectivity index (χ1) is 3.15. The van der Waals surface area contributed by atoms with Crippen LogP contribution in [0.4, 0.5) is 0 Å². The van der Waals surface area contributed by atoms with Crippen molar-refractivity contribution in [2.45, 2.75) is 31.4 Å². The maximum Gasteiger partial charge on any atom is 0.0797 e. The van der Waals surface area contributed by atoms with Crippen molar-refractivity contribution in [1.82, 2.24) is 0 Å². The van der Waals surface area contributed by atoms with E-state index in [0.717, 1.165) is 12.8 Å². The van der Waals surface area contributed by atoms with E-state index in [-0.39, 0.29) is 18.4 Å². The average molecular weight is 138 g/mol. The van der Waals surface area contributed by atoms with Crippen LogP contribution in [0.15, 0.2) is 0 Å². The van der Waals surface area contributed by atoms with Crippen molar-refractivity contribution in [1.29, 1.82) is 0 Å². The third-order valence-corrected chi connectivity index (χ3v) is 1.61. The zero-order chi connectivity index (χ0) is 5.49. The summed E-state index contributed by atoms with van der Waals surface area (Å²) in [5.41, 5.74) is 4.91. The largest absolute Gasteiger partial charge is 0.388 e. The SMILES string of the molecule is C[C@@H](N)C1(O)CC1.Cl. The molecule has 0 unspecified atom stereocenters. The van der Waals surface area contributed by atoms with Gasteiger partial charge in [0.05, 0.1) is 5.60 Å². The average Bonchev–Trinajstić information content (AvgIpc) is 2.21. The summed E-state index contributed by atoms with van der Waals surface area (Å²) in [4.78, 5) is 0. The predicted octanol–water partition coefficient (Wildman–Crippen LogP) is 0.280. The topological polar surface area (TPSA) is 46.2 Å². The second-order valence-corrected chi connectivity index (χ2v) is 2.39. The minimum absolute atomic E-state index is 0. The fraction of sp³-hybridized carbons (Fsp3) is 1.00. The van der Waals surface area contributed by atoms with E-state index in [1.54, 1.807) is 0 Å². The fourth-order valence-corrected chi connectivity index (χ4v) is 0.583. The molecule has 0 heterocycles.